The van der Waals surface area contributed by atoms with E-state index in [4.69, 9.17) is 0 Å². The second-order valence-corrected chi connectivity index (χ2v) is 3.33. The van der Waals surface area contributed by atoms with Crippen LogP contribution in [0.25, 0.3) is 0 Å². The van der Waals surface area contributed by atoms with Crippen molar-refractivity contribution < 1.29 is 0 Å². The highest BCUT2D eigenvalue weighted by Crippen LogP contribution is 2.22. The Kier molecular flexibility index (Phi) is 4.71. The van der Waals surface area contributed by atoms with E-state index in [0.29, 0.717) is 0 Å². The van der Waals surface area contributed by atoms with Gasteiger partial charge in [0.25, 0.3) is 0 Å². The Balaban J connectivity index is 0.000000500. The third-order valence-electron chi connectivity index (χ3n) is 2.55. The Hall–Kier alpha value is 0.500. The highest BCUT2D eigenvalue weighted by molar-refractivity contribution is 5.85. The molecule has 2 heterocycles. The summed E-state index contributed by atoms with van der Waals surface area (Å²) >= 11 is 0. The van der Waals surface area contributed by atoms with Crippen LogP contribution in [0.2, 0.25) is 0 Å². The van der Waals surface area contributed by atoms with Gasteiger partial charge in [0, 0.05) is 19.1 Å². The molecule has 0 aromatic rings. The molecule has 1 N–H and O–H groups in total. The van der Waals surface area contributed by atoms with Crippen molar-refractivity contribution in [3.63, 3.8) is 0 Å². The summed E-state index contributed by atoms with van der Waals surface area (Å²) in [6.45, 7) is 3.84. The van der Waals surface area contributed by atoms with Crippen LogP contribution >= 0.6 is 24.8 Å². The average molecular weight is 199 g/mol. The minimum absolute atomic E-state index is 0. The number of nitrogens with zero attached hydrogens (tertiary/aromatic N) is 1. The molecular weight excluding hydrogens is 183 g/mol. The number of rotatable bonds is 0. The summed E-state index contributed by atoms with van der Waals surface area (Å²) in [4.78, 5) is 2.42. The summed E-state index contributed by atoms with van der Waals surface area (Å²) in [5.41, 5.74) is 0. The number of hydrogen-bond donors (Lipinski definition) is 1. The standard InChI is InChI=1S/C7H14N2.2ClH/c1-9-4-6-2-3-8-7(6)5-9;;/h6-8H,2-5H2,1H3;2*1H/t6-,7-;;/m0../s1. The lowest BCUT2D eigenvalue weighted by molar-refractivity contribution is 0.382. The van der Waals surface area contributed by atoms with Crippen molar-refractivity contribution in [1.82, 2.24) is 10.2 Å². The number of nitrogens with one attached hydrogen (secondary N) is 1. The lowest BCUT2D eigenvalue weighted by atomic mass is 10.1. The van der Waals surface area contributed by atoms with E-state index in [9.17, 15) is 0 Å². The zero-order valence-electron chi connectivity index (χ0n) is 6.75. The van der Waals surface area contributed by atoms with Gasteiger partial charge >= 0.3 is 0 Å². The molecule has 0 radical (unpaired) electrons. The van der Waals surface area contributed by atoms with Gasteiger partial charge in [-0.25, -0.2) is 0 Å². The van der Waals surface area contributed by atoms with E-state index in [0.717, 1.165) is 12.0 Å². The molecule has 2 aliphatic rings. The molecule has 0 saturated carbocycles. The van der Waals surface area contributed by atoms with Gasteiger partial charge < -0.3 is 10.2 Å². The monoisotopic (exact) mass is 198 g/mol. The van der Waals surface area contributed by atoms with Gasteiger partial charge in [-0.15, -0.1) is 24.8 Å². The molecule has 2 fully saturated rings. The first-order chi connectivity index (χ1) is 4.36. The second-order valence-electron chi connectivity index (χ2n) is 3.33. The molecule has 0 aliphatic carbocycles. The highest BCUT2D eigenvalue weighted by atomic mass is 35.5. The van der Waals surface area contributed by atoms with E-state index in [-0.39, 0.29) is 24.8 Å². The number of hydrogen-bond acceptors (Lipinski definition) is 2. The van der Waals surface area contributed by atoms with E-state index in [1.807, 2.05) is 0 Å². The Morgan fingerprint density at radius 1 is 1.27 bits per heavy atom. The molecule has 11 heavy (non-hydrogen) atoms. The molecule has 0 bridgehead atoms. The Morgan fingerprint density at radius 3 is 2.64 bits per heavy atom. The van der Waals surface area contributed by atoms with Gasteiger partial charge in [-0.05, 0) is 25.9 Å². The van der Waals surface area contributed by atoms with Crippen LogP contribution in [0.3, 0.4) is 0 Å². The van der Waals surface area contributed by atoms with Gasteiger partial charge in [-0.3, -0.25) is 0 Å². The van der Waals surface area contributed by atoms with Crippen molar-refractivity contribution in [2.45, 2.75) is 12.5 Å². The van der Waals surface area contributed by atoms with E-state index < -0.39 is 0 Å². The smallest absolute Gasteiger partial charge is 0.0235 e. The maximum atomic E-state index is 3.51. The fourth-order valence-corrected chi connectivity index (χ4v) is 2.06. The van der Waals surface area contributed by atoms with Crippen LogP contribution in [-0.4, -0.2) is 37.6 Å². The van der Waals surface area contributed by atoms with E-state index >= 15 is 0 Å². The Morgan fingerprint density at radius 2 is 2.00 bits per heavy atom. The summed E-state index contributed by atoms with van der Waals surface area (Å²) in [7, 11) is 2.21. The minimum Gasteiger partial charge on any atom is -0.312 e. The average Bonchev–Trinajstić information content (AvgIpc) is 2.22. The fraction of sp³-hybridized carbons (Fsp3) is 1.00. The van der Waals surface area contributed by atoms with Crippen molar-refractivity contribution in [1.29, 1.82) is 0 Å². The van der Waals surface area contributed by atoms with Crippen molar-refractivity contribution in [2.24, 2.45) is 5.92 Å². The molecule has 0 aromatic carbocycles. The highest BCUT2D eigenvalue weighted by Gasteiger charge is 2.33. The number of likely N-dealkylation sites (tertiary alicyclic amines) is 1. The Labute approximate surface area is 80.5 Å². The molecule has 0 aromatic heterocycles. The van der Waals surface area contributed by atoms with E-state index in [1.54, 1.807) is 0 Å². The van der Waals surface area contributed by atoms with Crippen molar-refractivity contribution in [2.75, 3.05) is 26.7 Å². The van der Waals surface area contributed by atoms with Gasteiger partial charge in [0.15, 0.2) is 0 Å². The maximum absolute atomic E-state index is 3.51. The molecular formula is C7H16Cl2N2. The van der Waals surface area contributed by atoms with Crippen LogP contribution in [0, 0.1) is 5.92 Å². The summed E-state index contributed by atoms with van der Waals surface area (Å²) in [6.07, 6.45) is 1.40. The van der Waals surface area contributed by atoms with Crippen LogP contribution in [0.1, 0.15) is 6.42 Å². The number of likely N-dealkylation sites (N-methyl/N-ethyl adjacent to an activating group) is 1. The van der Waals surface area contributed by atoms with Crippen LogP contribution in [0.15, 0.2) is 0 Å². The summed E-state index contributed by atoms with van der Waals surface area (Å²) in [6, 6.07) is 0.829. The fourth-order valence-electron chi connectivity index (χ4n) is 2.06. The molecule has 4 heteroatoms. The molecule has 68 valence electrons. The first kappa shape index (κ1) is 11.5. The molecule has 2 nitrogen and oxygen atoms in total. The quantitative estimate of drug-likeness (QED) is 0.619. The normalized spacial score (nSPS) is 35.7. The first-order valence-electron chi connectivity index (χ1n) is 3.78. The SMILES string of the molecule is CN1C[C@@H]2CCN[C@H]2C1.Cl.Cl. The molecule has 2 saturated heterocycles. The zero-order chi connectivity index (χ0) is 6.27. The van der Waals surface area contributed by atoms with E-state index in [1.165, 1.54) is 26.1 Å². The second kappa shape index (κ2) is 4.51. The first-order valence-corrected chi connectivity index (χ1v) is 3.78. The number of fused-ring (bicyclic) bond motifs is 1. The van der Waals surface area contributed by atoms with Crippen LogP contribution in [0.5, 0.6) is 0 Å². The van der Waals surface area contributed by atoms with Gasteiger partial charge in [0.1, 0.15) is 0 Å². The summed E-state index contributed by atoms with van der Waals surface area (Å²) in [5.74, 6) is 0.968. The van der Waals surface area contributed by atoms with Gasteiger partial charge in [-0.1, -0.05) is 0 Å². The van der Waals surface area contributed by atoms with Gasteiger partial charge in [-0.2, -0.15) is 0 Å². The minimum atomic E-state index is 0. The third-order valence-corrected chi connectivity index (χ3v) is 2.55. The lowest BCUT2D eigenvalue weighted by Gasteiger charge is -2.07. The zero-order valence-corrected chi connectivity index (χ0v) is 8.38. The van der Waals surface area contributed by atoms with Crippen molar-refractivity contribution >= 4 is 24.8 Å². The van der Waals surface area contributed by atoms with E-state index in [2.05, 4.69) is 17.3 Å². The van der Waals surface area contributed by atoms with Gasteiger partial charge in [0.05, 0.1) is 0 Å². The third kappa shape index (κ3) is 2.22. The molecule has 0 amide bonds. The largest absolute Gasteiger partial charge is 0.312 e. The van der Waals surface area contributed by atoms with Crippen molar-refractivity contribution in [3.05, 3.63) is 0 Å². The maximum Gasteiger partial charge on any atom is 0.0235 e. The van der Waals surface area contributed by atoms with Crippen LogP contribution in [-0.2, 0) is 0 Å². The molecule has 2 atom stereocenters. The predicted octanol–water partition coefficient (Wildman–Crippen LogP) is 0.753. The number of halogens is 2. The van der Waals surface area contributed by atoms with Crippen LogP contribution < -0.4 is 5.32 Å². The molecule has 0 unspecified atom stereocenters. The van der Waals surface area contributed by atoms with Crippen LogP contribution in [0.4, 0.5) is 0 Å². The molecule has 0 spiro atoms. The predicted molar refractivity (Wildman–Crippen MR) is 51.9 cm³/mol. The topological polar surface area (TPSA) is 15.3 Å². The van der Waals surface area contributed by atoms with Gasteiger partial charge in [0.2, 0.25) is 0 Å². The summed E-state index contributed by atoms with van der Waals surface area (Å²) < 4.78 is 0. The summed E-state index contributed by atoms with van der Waals surface area (Å²) in [5, 5.41) is 3.51. The Bertz CT molecular complexity index is 109. The molecule has 2 rings (SSSR count). The van der Waals surface area contributed by atoms with Crippen molar-refractivity contribution in [3.8, 4) is 0 Å². The molecule has 2 aliphatic heterocycles. The lowest BCUT2D eigenvalue weighted by Crippen LogP contribution is -2.28.